The zero-order chi connectivity index (χ0) is 20.8. The van der Waals surface area contributed by atoms with Gasteiger partial charge in [0, 0.05) is 16.5 Å². The molecule has 0 aliphatic heterocycles. The van der Waals surface area contributed by atoms with Crippen LogP contribution < -0.4 is 4.74 Å². The predicted octanol–water partition coefficient (Wildman–Crippen LogP) is 5.01. The summed E-state index contributed by atoms with van der Waals surface area (Å²) in [6, 6.07) is 3.81. The Morgan fingerprint density at radius 1 is 1.32 bits per heavy atom. The number of carboxylic acids is 1. The van der Waals surface area contributed by atoms with Gasteiger partial charge in [0.15, 0.2) is 0 Å². The van der Waals surface area contributed by atoms with Crippen molar-refractivity contribution in [3.8, 4) is 5.75 Å². The maximum atomic E-state index is 13.0. The van der Waals surface area contributed by atoms with E-state index in [0.717, 1.165) is 11.4 Å². The monoisotopic (exact) mass is 431 g/mol. The van der Waals surface area contributed by atoms with E-state index in [9.17, 15) is 27.9 Å². The zero-order valence-corrected chi connectivity index (χ0v) is 16.1. The van der Waals surface area contributed by atoms with Gasteiger partial charge in [0.05, 0.1) is 29.6 Å². The SMILES string of the molecule is COc1ccc2c(c1Cl)c(CC(=O)O)c(C)n2C(=O)c1csc(C(F)(F)F)c1. The lowest BCUT2D eigenvalue weighted by atomic mass is 10.1. The Morgan fingerprint density at radius 3 is 2.54 bits per heavy atom. The van der Waals surface area contributed by atoms with Crippen molar-refractivity contribution in [3.05, 3.63) is 50.3 Å². The van der Waals surface area contributed by atoms with Crippen LogP contribution in [0.25, 0.3) is 10.9 Å². The number of rotatable bonds is 4. The van der Waals surface area contributed by atoms with Crippen LogP contribution in [0, 0.1) is 6.92 Å². The number of carboxylic acid groups (broad SMARTS) is 1. The summed E-state index contributed by atoms with van der Waals surface area (Å²) in [5.41, 5.74) is 0.735. The van der Waals surface area contributed by atoms with Crippen LogP contribution in [0.2, 0.25) is 5.02 Å². The number of hydrogen-bond acceptors (Lipinski definition) is 4. The molecule has 10 heteroatoms. The summed E-state index contributed by atoms with van der Waals surface area (Å²) in [7, 11) is 1.39. The third kappa shape index (κ3) is 3.35. The molecule has 2 aromatic heterocycles. The van der Waals surface area contributed by atoms with Crippen LogP contribution in [-0.2, 0) is 17.4 Å². The van der Waals surface area contributed by atoms with Gasteiger partial charge < -0.3 is 9.84 Å². The molecular formula is C18H13ClF3NO4S. The molecule has 5 nitrogen and oxygen atoms in total. The highest BCUT2D eigenvalue weighted by Crippen LogP contribution is 2.39. The molecule has 1 N–H and O–H groups in total. The van der Waals surface area contributed by atoms with Crippen LogP contribution in [0.5, 0.6) is 5.75 Å². The lowest BCUT2D eigenvalue weighted by Gasteiger charge is -2.07. The van der Waals surface area contributed by atoms with E-state index in [0.29, 0.717) is 33.6 Å². The van der Waals surface area contributed by atoms with Gasteiger partial charge in [0.1, 0.15) is 10.6 Å². The summed E-state index contributed by atoms with van der Waals surface area (Å²) < 4.78 is 45.0. The van der Waals surface area contributed by atoms with Gasteiger partial charge in [0.2, 0.25) is 0 Å². The Balaban J connectivity index is 2.25. The maximum absolute atomic E-state index is 13.0. The summed E-state index contributed by atoms with van der Waals surface area (Å²) >= 11 is 6.76. The van der Waals surface area contributed by atoms with Gasteiger partial charge in [-0.2, -0.15) is 13.2 Å². The molecule has 0 radical (unpaired) electrons. The Labute approximate surface area is 165 Å². The van der Waals surface area contributed by atoms with Gasteiger partial charge in [0.25, 0.3) is 5.91 Å². The van der Waals surface area contributed by atoms with Gasteiger partial charge >= 0.3 is 12.1 Å². The zero-order valence-electron chi connectivity index (χ0n) is 14.6. The van der Waals surface area contributed by atoms with Crippen molar-refractivity contribution >= 4 is 45.7 Å². The maximum Gasteiger partial charge on any atom is 0.425 e. The second kappa shape index (κ2) is 7.14. The van der Waals surface area contributed by atoms with E-state index in [1.54, 1.807) is 0 Å². The molecule has 0 bridgehead atoms. The largest absolute Gasteiger partial charge is 0.495 e. The summed E-state index contributed by atoms with van der Waals surface area (Å²) in [6.45, 7) is 1.52. The third-order valence-electron chi connectivity index (χ3n) is 4.28. The van der Waals surface area contributed by atoms with Crippen molar-refractivity contribution in [3.63, 3.8) is 0 Å². The highest BCUT2D eigenvalue weighted by Gasteiger charge is 2.34. The van der Waals surface area contributed by atoms with E-state index in [-0.39, 0.29) is 16.3 Å². The van der Waals surface area contributed by atoms with Crippen molar-refractivity contribution in [2.45, 2.75) is 19.5 Å². The lowest BCUT2D eigenvalue weighted by molar-refractivity contribution is -0.136. The second-order valence-corrected chi connectivity index (χ2v) is 7.24. The molecule has 0 fully saturated rings. The lowest BCUT2D eigenvalue weighted by Crippen LogP contribution is -2.13. The number of ether oxygens (including phenoxy) is 1. The van der Waals surface area contributed by atoms with Crippen molar-refractivity contribution in [1.82, 2.24) is 4.57 Å². The number of fused-ring (bicyclic) bond motifs is 1. The molecule has 0 unspecified atom stereocenters. The highest BCUT2D eigenvalue weighted by atomic mass is 35.5. The first kappa shape index (κ1) is 20.2. The topological polar surface area (TPSA) is 68.5 Å². The Kier molecular flexibility index (Phi) is 5.16. The minimum absolute atomic E-state index is 0.132. The fraction of sp³-hybridized carbons (Fsp3) is 0.222. The number of carbonyl (C=O) groups is 2. The molecule has 148 valence electrons. The molecule has 0 saturated heterocycles. The van der Waals surface area contributed by atoms with Gasteiger partial charge in [-0.25, -0.2) is 0 Å². The van der Waals surface area contributed by atoms with Gasteiger partial charge in [-0.15, -0.1) is 11.3 Å². The number of alkyl halides is 3. The van der Waals surface area contributed by atoms with Crippen molar-refractivity contribution < 1.29 is 32.6 Å². The fourth-order valence-electron chi connectivity index (χ4n) is 3.03. The number of aromatic nitrogens is 1. The molecular weight excluding hydrogens is 419 g/mol. The minimum atomic E-state index is -4.55. The van der Waals surface area contributed by atoms with Crippen LogP contribution in [0.1, 0.15) is 26.5 Å². The first-order chi connectivity index (χ1) is 13.1. The van der Waals surface area contributed by atoms with E-state index in [2.05, 4.69) is 0 Å². The standard InChI is InChI=1S/C18H13ClF3NO4S/c1-8-10(6-14(24)25)15-11(3-4-12(27-2)16(15)19)23(8)17(26)9-5-13(28-7-9)18(20,21)22/h3-5,7H,6H2,1-2H3,(H,24,25). The summed E-state index contributed by atoms with van der Waals surface area (Å²) in [4.78, 5) is 23.4. The number of thiophene rings is 1. The molecule has 0 amide bonds. The summed E-state index contributed by atoms with van der Waals surface area (Å²) in [5.74, 6) is -1.55. The Hall–Kier alpha value is -2.52. The number of methoxy groups -OCH3 is 1. The molecule has 1 aromatic carbocycles. The molecule has 2 heterocycles. The van der Waals surface area contributed by atoms with Crippen LogP contribution in [0.3, 0.4) is 0 Å². The van der Waals surface area contributed by atoms with Gasteiger partial charge in [-0.3, -0.25) is 14.2 Å². The van der Waals surface area contributed by atoms with E-state index in [1.807, 2.05) is 0 Å². The van der Waals surface area contributed by atoms with Crippen LogP contribution in [0.15, 0.2) is 23.6 Å². The average molecular weight is 432 g/mol. The van der Waals surface area contributed by atoms with E-state index in [4.69, 9.17) is 16.3 Å². The summed E-state index contributed by atoms with van der Waals surface area (Å²) in [5, 5.41) is 10.8. The van der Waals surface area contributed by atoms with E-state index >= 15 is 0 Å². The smallest absolute Gasteiger partial charge is 0.425 e. The number of aliphatic carboxylic acids is 1. The molecule has 0 spiro atoms. The Bertz CT molecular complexity index is 1100. The molecule has 28 heavy (non-hydrogen) atoms. The number of hydrogen-bond donors (Lipinski definition) is 1. The second-order valence-electron chi connectivity index (χ2n) is 5.95. The number of halogens is 4. The van der Waals surface area contributed by atoms with E-state index in [1.165, 1.54) is 30.7 Å². The van der Waals surface area contributed by atoms with Crippen LogP contribution in [-0.4, -0.2) is 28.7 Å². The number of nitrogens with zero attached hydrogens (tertiary/aromatic N) is 1. The van der Waals surface area contributed by atoms with Crippen LogP contribution >= 0.6 is 22.9 Å². The van der Waals surface area contributed by atoms with Gasteiger partial charge in [-0.1, -0.05) is 11.6 Å². The molecule has 0 aliphatic rings. The van der Waals surface area contributed by atoms with Crippen molar-refractivity contribution in [2.24, 2.45) is 0 Å². The normalized spacial score (nSPS) is 11.8. The highest BCUT2D eigenvalue weighted by molar-refractivity contribution is 7.10. The van der Waals surface area contributed by atoms with Crippen molar-refractivity contribution in [1.29, 1.82) is 0 Å². The number of benzene rings is 1. The number of carbonyl (C=O) groups excluding carboxylic acids is 1. The van der Waals surface area contributed by atoms with E-state index < -0.39 is 29.4 Å². The van der Waals surface area contributed by atoms with Gasteiger partial charge in [-0.05, 0) is 30.7 Å². The minimum Gasteiger partial charge on any atom is -0.495 e. The van der Waals surface area contributed by atoms with Crippen molar-refractivity contribution in [2.75, 3.05) is 7.11 Å². The fourth-order valence-corrected chi connectivity index (χ4v) is 4.13. The van der Waals surface area contributed by atoms with Crippen LogP contribution in [0.4, 0.5) is 13.2 Å². The molecule has 0 saturated carbocycles. The first-order valence-corrected chi connectivity index (χ1v) is 9.10. The molecule has 3 rings (SSSR count). The molecule has 3 aromatic rings. The molecule has 0 aliphatic carbocycles. The summed E-state index contributed by atoms with van der Waals surface area (Å²) in [6.07, 6.45) is -4.96. The quantitative estimate of drug-likeness (QED) is 0.630. The Morgan fingerprint density at radius 2 is 2.00 bits per heavy atom. The average Bonchev–Trinajstić information content (AvgIpc) is 3.19. The molecule has 0 atom stereocenters. The first-order valence-electron chi connectivity index (χ1n) is 7.84. The predicted molar refractivity (Wildman–Crippen MR) is 98.6 cm³/mol. The third-order valence-corrected chi connectivity index (χ3v) is 5.63.